The van der Waals surface area contributed by atoms with Crippen molar-refractivity contribution in [1.82, 2.24) is 9.21 Å². The number of carbonyl (C=O) groups is 1. The SMILES string of the molecule is COc1ccccc1N1CCN(C(=O)C2CN(S(=O)(=O)c3cc(Cl)c(Cl)s3)CC2c2ccccc2)CC1. The number of carbonyl (C=O) groups excluding carboxylic acids is 1. The monoisotopic (exact) mass is 579 g/mol. The van der Waals surface area contributed by atoms with Gasteiger partial charge in [-0.2, -0.15) is 4.31 Å². The van der Waals surface area contributed by atoms with Gasteiger partial charge in [0.2, 0.25) is 5.91 Å². The van der Waals surface area contributed by atoms with E-state index in [2.05, 4.69) is 4.90 Å². The van der Waals surface area contributed by atoms with Gasteiger partial charge in [0.05, 0.1) is 23.7 Å². The molecule has 0 aliphatic carbocycles. The zero-order valence-electron chi connectivity index (χ0n) is 20.2. The molecule has 0 bridgehead atoms. The standard InChI is InChI=1S/C26H27Cl2N3O4S2/c1-35-23-10-6-5-9-22(23)29-11-13-30(14-12-29)26(32)20-17-31(16-19(20)18-7-3-2-4-8-18)37(33,34)24-15-21(27)25(28)36-24/h2-10,15,19-20H,11-14,16-17H2,1H3. The minimum absolute atomic E-state index is 0.0199. The highest BCUT2D eigenvalue weighted by molar-refractivity contribution is 7.91. The summed E-state index contributed by atoms with van der Waals surface area (Å²) in [7, 11) is -2.19. The third-order valence-corrected chi connectivity index (χ3v) is 11.2. The summed E-state index contributed by atoms with van der Waals surface area (Å²) in [6, 6.07) is 18.9. The van der Waals surface area contributed by atoms with Gasteiger partial charge in [0.15, 0.2) is 0 Å². The number of ether oxygens (including phenoxy) is 1. The van der Waals surface area contributed by atoms with E-state index in [1.54, 1.807) is 7.11 Å². The van der Waals surface area contributed by atoms with Crippen molar-refractivity contribution in [2.45, 2.75) is 10.1 Å². The highest BCUT2D eigenvalue weighted by atomic mass is 35.5. The van der Waals surface area contributed by atoms with E-state index in [9.17, 15) is 13.2 Å². The van der Waals surface area contributed by atoms with E-state index in [-0.39, 0.29) is 38.5 Å². The lowest BCUT2D eigenvalue weighted by molar-refractivity contribution is -0.135. The second kappa shape index (κ2) is 10.8. The number of benzene rings is 2. The van der Waals surface area contributed by atoms with Crippen molar-refractivity contribution in [3.63, 3.8) is 0 Å². The number of sulfonamides is 1. The van der Waals surface area contributed by atoms with Gasteiger partial charge in [-0.1, -0.05) is 65.7 Å². The molecule has 0 saturated carbocycles. The molecular formula is C26H27Cl2N3O4S2. The summed E-state index contributed by atoms with van der Waals surface area (Å²) in [5.74, 6) is 0.0489. The summed E-state index contributed by atoms with van der Waals surface area (Å²) in [6.45, 7) is 2.78. The van der Waals surface area contributed by atoms with Crippen molar-refractivity contribution in [2.24, 2.45) is 5.92 Å². The average molecular weight is 581 g/mol. The molecule has 2 fully saturated rings. The molecule has 2 atom stereocenters. The number of thiophene rings is 1. The van der Waals surface area contributed by atoms with Crippen LogP contribution in [0.2, 0.25) is 9.36 Å². The Morgan fingerprint density at radius 1 is 0.973 bits per heavy atom. The Morgan fingerprint density at radius 2 is 1.65 bits per heavy atom. The van der Waals surface area contributed by atoms with Crippen LogP contribution in [0.4, 0.5) is 5.69 Å². The summed E-state index contributed by atoms with van der Waals surface area (Å²) in [5, 5.41) is 0.213. The lowest BCUT2D eigenvalue weighted by Crippen LogP contribution is -2.51. The van der Waals surface area contributed by atoms with Crippen LogP contribution >= 0.6 is 34.5 Å². The zero-order valence-corrected chi connectivity index (χ0v) is 23.4. The van der Waals surface area contributed by atoms with E-state index in [0.717, 1.165) is 28.3 Å². The van der Waals surface area contributed by atoms with Crippen molar-refractivity contribution in [3.8, 4) is 5.75 Å². The van der Waals surface area contributed by atoms with E-state index in [1.165, 1.54) is 10.4 Å². The first-order valence-electron chi connectivity index (χ1n) is 12.0. The maximum Gasteiger partial charge on any atom is 0.252 e. The number of nitrogens with zero attached hydrogens (tertiary/aromatic N) is 3. The molecule has 2 aromatic carbocycles. The summed E-state index contributed by atoms with van der Waals surface area (Å²) in [4.78, 5) is 17.9. The molecule has 37 heavy (non-hydrogen) atoms. The minimum Gasteiger partial charge on any atom is -0.495 e. The fourth-order valence-corrected chi connectivity index (χ4v) is 8.65. The Labute approximate surface area is 231 Å². The topological polar surface area (TPSA) is 70.2 Å². The van der Waals surface area contributed by atoms with Crippen LogP contribution in [0.15, 0.2) is 64.9 Å². The fraction of sp³-hybridized carbons (Fsp3) is 0.346. The maximum absolute atomic E-state index is 13.8. The van der Waals surface area contributed by atoms with Crippen LogP contribution in [-0.2, 0) is 14.8 Å². The predicted molar refractivity (Wildman–Crippen MR) is 148 cm³/mol. The van der Waals surface area contributed by atoms with Gasteiger partial charge in [0, 0.05) is 45.2 Å². The number of hydrogen-bond acceptors (Lipinski definition) is 6. The Hall–Kier alpha value is -2.30. The number of amides is 1. The second-order valence-electron chi connectivity index (χ2n) is 9.12. The number of halogens is 2. The molecule has 3 heterocycles. The van der Waals surface area contributed by atoms with E-state index in [1.807, 2.05) is 59.5 Å². The second-order valence-corrected chi connectivity index (χ2v) is 13.3. The van der Waals surface area contributed by atoms with Gasteiger partial charge in [-0.05, 0) is 23.8 Å². The van der Waals surface area contributed by atoms with Crippen molar-refractivity contribution in [2.75, 3.05) is 51.3 Å². The van der Waals surface area contributed by atoms with Crippen LogP contribution in [0.25, 0.3) is 0 Å². The normalized spacial score (nSPS) is 20.8. The largest absolute Gasteiger partial charge is 0.495 e. The van der Waals surface area contributed by atoms with Crippen molar-refractivity contribution >= 4 is 56.2 Å². The molecule has 0 radical (unpaired) electrons. The molecule has 2 aliphatic heterocycles. The number of rotatable bonds is 6. The number of methoxy groups -OCH3 is 1. The molecule has 11 heteroatoms. The number of hydrogen-bond donors (Lipinski definition) is 0. The summed E-state index contributed by atoms with van der Waals surface area (Å²) in [6.07, 6.45) is 0. The zero-order chi connectivity index (χ0) is 26.2. The Morgan fingerprint density at radius 3 is 2.30 bits per heavy atom. The molecule has 1 aromatic heterocycles. The molecule has 2 saturated heterocycles. The molecule has 3 aromatic rings. The van der Waals surface area contributed by atoms with Gasteiger partial charge in [-0.25, -0.2) is 8.42 Å². The lowest BCUT2D eigenvalue weighted by Gasteiger charge is -2.38. The van der Waals surface area contributed by atoms with E-state index in [4.69, 9.17) is 27.9 Å². The van der Waals surface area contributed by atoms with Crippen LogP contribution in [0, 0.1) is 5.92 Å². The molecule has 196 valence electrons. The molecule has 2 unspecified atom stereocenters. The van der Waals surface area contributed by atoms with Gasteiger partial charge in [0.25, 0.3) is 10.0 Å². The van der Waals surface area contributed by atoms with Crippen molar-refractivity contribution < 1.29 is 17.9 Å². The lowest BCUT2D eigenvalue weighted by atomic mass is 9.88. The van der Waals surface area contributed by atoms with Crippen LogP contribution in [0.3, 0.4) is 0 Å². The average Bonchev–Trinajstić information content (AvgIpc) is 3.53. The quantitative estimate of drug-likeness (QED) is 0.419. The first-order chi connectivity index (χ1) is 17.8. The van der Waals surface area contributed by atoms with Crippen LogP contribution in [0.1, 0.15) is 11.5 Å². The third kappa shape index (κ3) is 5.20. The van der Waals surface area contributed by atoms with Gasteiger partial charge in [-0.15, -0.1) is 11.3 Å². The van der Waals surface area contributed by atoms with Gasteiger partial charge < -0.3 is 14.5 Å². The predicted octanol–water partition coefficient (Wildman–Crippen LogP) is 4.82. The number of anilines is 1. The van der Waals surface area contributed by atoms with Crippen molar-refractivity contribution in [1.29, 1.82) is 0 Å². The van der Waals surface area contributed by atoms with Gasteiger partial charge >= 0.3 is 0 Å². The maximum atomic E-state index is 13.8. The molecule has 0 N–H and O–H groups in total. The third-order valence-electron chi connectivity index (χ3n) is 7.07. The summed E-state index contributed by atoms with van der Waals surface area (Å²) in [5.41, 5.74) is 1.96. The van der Waals surface area contributed by atoms with E-state index in [0.29, 0.717) is 26.2 Å². The van der Waals surface area contributed by atoms with Crippen LogP contribution in [-0.4, -0.2) is 69.9 Å². The molecule has 5 rings (SSSR count). The highest BCUT2D eigenvalue weighted by Gasteiger charge is 2.45. The fourth-order valence-electron chi connectivity index (χ4n) is 5.13. The number of piperazine rings is 1. The number of para-hydroxylation sites is 2. The molecule has 0 spiro atoms. The summed E-state index contributed by atoms with van der Waals surface area (Å²) >= 11 is 13.0. The van der Waals surface area contributed by atoms with Gasteiger partial charge in [0.1, 0.15) is 14.3 Å². The van der Waals surface area contributed by atoms with Crippen LogP contribution in [0.5, 0.6) is 5.75 Å². The minimum atomic E-state index is -3.84. The van der Waals surface area contributed by atoms with Crippen LogP contribution < -0.4 is 9.64 Å². The molecule has 7 nitrogen and oxygen atoms in total. The van der Waals surface area contributed by atoms with E-state index < -0.39 is 15.9 Å². The molecular weight excluding hydrogens is 553 g/mol. The Bertz CT molecular complexity index is 1360. The summed E-state index contributed by atoms with van der Waals surface area (Å²) < 4.78 is 34.1. The first kappa shape index (κ1) is 26.3. The Kier molecular flexibility index (Phi) is 7.70. The first-order valence-corrected chi connectivity index (χ1v) is 15.0. The molecule has 2 aliphatic rings. The van der Waals surface area contributed by atoms with E-state index >= 15 is 0 Å². The smallest absolute Gasteiger partial charge is 0.252 e. The molecule has 1 amide bonds. The van der Waals surface area contributed by atoms with Crippen molar-refractivity contribution in [3.05, 3.63) is 75.6 Å². The Balaban J connectivity index is 1.36. The highest BCUT2D eigenvalue weighted by Crippen LogP contribution is 2.41. The van der Waals surface area contributed by atoms with Gasteiger partial charge in [-0.3, -0.25) is 4.79 Å².